The molecule has 13 aliphatic heterocycles. The van der Waals surface area contributed by atoms with E-state index in [1.165, 1.54) is 90.5 Å². The van der Waals surface area contributed by atoms with E-state index in [1.807, 2.05) is 0 Å². The predicted molar refractivity (Wildman–Crippen MR) is 306 cm³/mol. The maximum absolute atomic E-state index is 15.5. The summed E-state index contributed by atoms with van der Waals surface area (Å²) in [5.74, 6) is -2.96. The van der Waals surface area contributed by atoms with E-state index >= 15 is 38.4 Å². The average molecular weight is 1400 g/mol. The van der Waals surface area contributed by atoms with Crippen molar-refractivity contribution >= 4 is 88.7 Å². The van der Waals surface area contributed by atoms with Crippen LogP contribution in [-0.4, -0.2) is 328 Å². The third-order valence-corrected chi connectivity index (χ3v) is 24.1. The molecule has 40 nitrogen and oxygen atoms in total. The van der Waals surface area contributed by atoms with Gasteiger partial charge in [-0.05, 0) is 39.8 Å². The van der Waals surface area contributed by atoms with Crippen molar-refractivity contribution in [2.45, 2.75) is 101 Å². The minimum Gasteiger partial charge on any atom is -0.496 e. The van der Waals surface area contributed by atoms with E-state index in [4.69, 9.17) is 18.9 Å². The molecule has 12 fully saturated rings. The van der Waals surface area contributed by atoms with Gasteiger partial charge in [0, 0.05) is 35.1 Å². The molecule has 15 rings (SSSR count). The lowest BCUT2D eigenvalue weighted by Gasteiger charge is -2.49. The third-order valence-electron chi connectivity index (χ3n) is 21.3. The zero-order valence-electron chi connectivity index (χ0n) is 50.3. The van der Waals surface area contributed by atoms with Gasteiger partial charge < -0.3 is 18.9 Å². The third kappa shape index (κ3) is 8.23. The zero-order chi connectivity index (χ0) is 67.2. The van der Waals surface area contributed by atoms with Crippen LogP contribution >= 0.6 is 0 Å². The van der Waals surface area contributed by atoms with Gasteiger partial charge in [0.05, 0.1) is 26.2 Å². The Bertz CT molecular complexity index is 4010. The molecule has 0 atom stereocenters. The molecule has 13 heterocycles. The van der Waals surface area contributed by atoms with Crippen LogP contribution in [0.5, 0.6) is 11.5 Å². The summed E-state index contributed by atoms with van der Waals surface area (Å²) < 4.78 is 156. The first kappa shape index (κ1) is 61.9. The molecule has 0 radical (unpaired) electrons. The highest BCUT2D eigenvalue weighted by Gasteiger charge is 2.80. The molecule has 1 aromatic carbocycles. The number of carbonyl (C=O) groups is 8. The van der Waals surface area contributed by atoms with Gasteiger partial charge in [-0.1, -0.05) is 0 Å². The summed E-state index contributed by atoms with van der Waals surface area (Å²) in [5, 5.41) is 0. The molecule has 12 saturated heterocycles. The molecule has 0 saturated carbocycles. The molecule has 14 aliphatic rings. The topological polar surface area (TPSA) is 443 Å². The number of ether oxygens (including phenoxy) is 4. The summed E-state index contributed by atoms with van der Waals surface area (Å²) in [6.07, 6.45) is -5.20. The van der Waals surface area contributed by atoms with Crippen LogP contribution in [0, 0.1) is 0 Å². The fourth-order valence-electron chi connectivity index (χ4n) is 16.5. The summed E-state index contributed by atoms with van der Waals surface area (Å²) in [6.45, 7) is -0.774. The second-order valence-corrected chi connectivity index (χ2v) is 31.8. The predicted octanol–water partition coefficient (Wildman–Crippen LogP) is -1.79. The number of rotatable bonds is 16. The van der Waals surface area contributed by atoms with Crippen molar-refractivity contribution < 1.29 is 109 Å². The number of hydrogen-bond acceptors (Lipinski definition) is 20. The molecule has 0 unspecified atom stereocenters. The molecule has 44 heteroatoms. The van der Waals surface area contributed by atoms with Crippen molar-refractivity contribution in [3.05, 3.63) is 45.9 Å². The number of benzene rings is 1. The smallest absolute Gasteiger partial charge is 0.326 e. The fraction of sp³-hybridized carbons (Fsp3) is 0.640. The second-order valence-electron chi connectivity index (χ2n) is 25.5. The van der Waals surface area contributed by atoms with Crippen LogP contribution in [0.4, 0.5) is 38.4 Å². The molecule has 1 aliphatic carbocycles. The molecule has 1 aromatic rings. The Morgan fingerprint density at radius 3 is 0.851 bits per heavy atom. The van der Waals surface area contributed by atoms with Crippen molar-refractivity contribution in [2.24, 2.45) is 0 Å². The van der Waals surface area contributed by atoms with Crippen molar-refractivity contribution in [3.8, 4) is 11.5 Å². The van der Waals surface area contributed by atoms with E-state index < -0.39 is 225 Å². The maximum Gasteiger partial charge on any atom is 0.326 e. The van der Waals surface area contributed by atoms with Crippen LogP contribution < -0.4 is 9.47 Å². The van der Waals surface area contributed by atoms with Crippen molar-refractivity contribution in [1.29, 1.82) is 0 Å². The average Bonchev–Trinajstić information content (AvgIpc) is 1.50. The van der Waals surface area contributed by atoms with E-state index in [2.05, 4.69) is 0 Å². The van der Waals surface area contributed by atoms with E-state index in [0.29, 0.717) is 0 Å². The summed E-state index contributed by atoms with van der Waals surface area (Å²) in [5.41, 5.74) is -6.00. The minimum atomic E-state index is -4.54. The van der Waals surface area contributed by atoms with Gasteiger partial charge in [0.1, 0.15) is 112 Å². The van der Waals surface area contributed by atoms with E-state index in [-0.39, 0.29) is 84.3 Å². The fourth-order valence-corrected chi connectivity index (χ4v) is 17.7. The number of fused-ring (bicyclic) bond motifs is 2. The monoisotopic (exact) mass is 1400 g/mol. The Balaban J connectivity index is 0.763. The largest absolute Gasteiger partial charge is 0.496 e. The first-order chi connectivity index (χ1) is 43.9. The molecule has 0 aromatic heterocycles. The summed E-state index contributed by atoms with van der Waals surface area (Å²) >= 11 is 0. The Kier molecular flexibility index (Phi) is 12.9. The molecule has 4 N–H and O–H groups in total. The molecule has 94 heavy (non-hydrogen) atoms. The number of allylic oxidation sites excluding steroid dienone is 2. The first-order valence-corrected chi connectivity index (χ1v) is 35.9. The Morgan fingerprint density at radius 1 is 0.351 bits per heavy atom. The van der Waals surface area contributed by atoms with E-state index in [1.54, 1.807) is 27.7 Å². The lowest BCUT2D eigenvalue weighted by atomic mass is 9.94. The maximum atomic E-state index is 15.5. The molecule has 16 amide bonds. The molecular weight excluding hydrogens is 1340 g/mol. The number of urea groups is 8. The van der Waals surface area contributed by atoms with Gasteiger partial charge in [0.25, 0.3) is 40.5 Å². The quantitative estimate of drug-likeness (QED) is 0.133. The number of hydrogen-bond donors (Lipinski definition) is 4. The van der Waals surface area contributed by atoms with Gasteiger partial charge in [-0.2, -0.15) is 33.7 Å². The van der Waals surface area contributed by atoms with E-state index in [0.717, 1.165) is 0 Å². The van der Waals surface area contributed by atoms with Crippen LogP contribution in [0.15, 0.2) is 34.8 Å². The van der Waals surface area contributed by atoms with Crippen LogP contribution in [0.25, 0.3) is 0 Å². The van der Waals surface area contributed by atoms with Crippen LogP contribution in [0.3, 0.4) is 0 Å². The Hall–Kier alpha value is -8.30. The first-order valence-electron chi connectivity index (χ1n) is 29.5. The highest BCUT2D eigenvalue weighted by atomic mass is 32.2. The Morgan fingerprint density at radius 2 is 0.585 bits per heavy atom. The number of carbonyl (C=O) groups excluding carboxylic acids is 8. The second kappa shape index (κ2) is 19.7. The molecule has 510 valence electrons. The van der Waals surface area contributed by atoms with Gasteiger partial charge in [-0.15, -0.1) is 0 Å². The summed E-state index contributed by atoms with van der Waals surface area (Å²) in [7, 11) is -18.1. The van der Waals surface area contributed by atoms with Gasteiger partial charge >= 0.3 is 48.2 Å². The van der Waals surface area contributed by atoms with Crippen LogP contribution in [0.2, 0.25) is 0 Å². The van der Waals surface area contributed by atoms with Gasteiger partial charge in [0.2, 0.25) is 0 Å². The zero-order valence-corrected chi connectivity index (χ0v) is 53.6. The van der Waals surface area contributed by atoms with Crippen molar-refractivity contribution in [1.82, 2.24) is 78.4 Å². The van der Waals surface area contributed by atoms with Crippen LogP contribution in [-0.2, 0) is 63.0 Å². The normalized spacial score (nSPS) is 31.5. The number of amides is 16. The van der Waals surface area contributed by atoms with Crippen molar-refractivity contribution in [2.75, 3.05) is 103 Å². The highest BCUT2D eigenvalue weighted by molar-refractivity contribution is 7.86. The lowest BCUT2D eigenvalue weighted by molar-refractivity contribution is -0.0867. The molecule has 0 bridgehead atoms. The minimum absolute atomic E-state index is 0.00467. The van der Waals surface area contributed by atoms with Crippen molar-refractivity contribution in [3.63, 3.8) is 0 Å². The number of nitrogens with zero attached hydrogens (tertiary/aromatic N) is 16. The molecule has 0 spiro atoms. The Labute approximate surface area is 534 Å². The summed E-state index contributed by atoms with van der Waals surface area (Å²) in [6, 6.07) is -3.33. The van der Waals surface area contributed by atoms with E-state index in [9.17, 15) is 51.9 Å². The van der Waals surface area contributed by atoms with Crippen LogP contribution in [0.1, 0.15) is 51.7 Å². The SMILES string of the molecule is CC12N3CC4=C(OCCS(=O)(=O)O)CCC(OCCS(=O)(=O)O)=C4CN1C(=O)N1CN4C(=O)N5CN6C(=O)N7CN8C(=O)N9Cc%10c(OCCS(=O)(=O)O)ccc(OCCS(=O)(=O)O)c%10CN%10C(=O)N(CN%11C(=O)N(CN%12C(=O)N(CN(C3=O)C12C)C4C%125)C6C%117)C8(C)C%109C. The standard InChI is InChI=1S/C50H62N16O24S4/c1-47-49(3)63-23-55-37-35-51(39(55)67)21-53-36-38-57(41(53)69)25-65-45(73)61-19-29-30(34(90-12-16-94(84,85)86)8-7-33(29)89-11-15-93(81,82)83)20-62-46(74)66(50(65,4)48(61,62)2)26-58(38)42(70)54(36)22-52(35)40(68)56(37)24-64(49)44(72)60(47)18-28-27(17-59(47)43(63)71)31(87-9-13-91(75,76)77)5-6-32(28)88-10-14-92(78,79)80/h5-6,35-38H,7-26H2,1-4H3,(H,75,76,77)(H,78,79,80)(H,81,82,83)(H,84,85,86). The van der Waals surface area contributed by atoms with Gasteiger partial charge in [-0.25, -0.2) is 38.4 Å². The lowest BCUT2D eigenvalue weighted by Crippen LogP contribution is -2.69. The van der Waals surface area contributed by atoms with Gasteiger partial charge in [-0.3, -0.25) is 96.6 Å². The summed E-state index contributed by atoms with van der Waals surface area (Å²) in [4.78, 5) is 145. The highest BCUT2D eigenvalue weighted by Crippen LogP contribution is 2.59. The van der Waals surface area contributed by atoms with Gasteiger partial charge in [0.15, 0.2) is 47.3 Å². The molecular formula is C50H62N16O24S4.